The number of rotatable bonds is 2. The van der Waals surface area contributed by atoms with Crippen LogP contribution < -0.4 is 9.92 Å². The SMILES string of the molecule is Cc1cc(N)c(OS(C)(=O)=O)cn1. The topological polar surface area (TPSA) is 82.3 Å². The van der Waals surface area contributed by atoms with E-state index in [4.69, 9.17) is 5.73 Å². The normalized spacial score (nSPS) is 11.2. The van der Waals surface area contributed by atoms with Crippen molar-refractivity contribution in [1.82, 2.24) is 4.98 Å². The molecule has 0 amide bonds. The van der Waals surface area contributed by atoms with E-state index < -0.39 is 10.1 Å². The number of anilines is 1. The number of aryl methyl sites for hydroxylation is 1. The molecule has 13 heavy (non-hydrogen) atoms. The maximum absolute atomic E-state index is 10.7. The second-order valence-electron chi connectivity index (χ2n) is 2.65. The molecule has 0 aliphatic rings. The van der Waals surface area contributed by atoms with Crippen LogP contribution in [0.15, 0.2) is 12.3 Å². The van der Waals surface area contributed by atoms with Crippen LogP contribution in [0, 0.1) is 6.92 Å². The molecule has 2 N–H and O–H groups in total. The molecule has 72 valence electrons. The molecule has 6 heteroatoms. The molecule has 0 aromatic carbocycles. The van der Waals surface area contributed by atoms with Crippen molar-refractivity contribution in [2.75, 3.05) is 12.0 Å². The first-order valence-electron chi connectivity index (χ1n) is 3.50. The van der Waals surface area contributed by atoms with Gasteiger partial charge in [0.05, 0.1) is 18.1 Å². The van der Waals surface area contributed by atoms with Gasteiger partial charge in [-0.05, 0) is 13.0 Å². The first-order chi connectivity index (χ1) is 5.88. The Morgan fingerprint density at radius 2 is 2.15 bits per heavy atom. The van der Waals surface area contributed by atoms with Gasteiger partial charge in [-0.3, -0.25) is 4.98 Å². The maximum Gasteiger partial charge on any atom is 0.306 e. The van der Waals surface area contributed by atoms with Gasteiger partial charge in [0, 0.05) is 5.69 Å². The molecule has 0 atom stereocenters. The molecular weight excluding hydrogens is 192 g/mol. The minimum absolute atomic E-state index is 0.0631. The van der Waals surface area contributed by atoms with Crippen LogP contribution >= 0.6 is 0 Å². The predicted molar refractivity (Wildman–Crippen MR) is 48.9 cm³/mol. The lowest BCUT2D eigenvalue weighted by atomic mass is 10.3. The zero-order chi connectivity index (χ0) is 10.1. The highest BCUT2D eigenvalue weighted by Gasteiger charge is 2.07. The van der Waals surface area contributed by atoms with Crippen LogP contribution in [0.1, 0.15) is 5.69 Å². The van der Waals surface area contributed by atoms with Crippen LogP contribution in [0.2, 0.25) is 0 Å². The highest BCUT2D eigenvalue weighted by molar-refractivity contribution is 7.86. The lowest BCUT2D eigenvalue weighted by Crippen LogP contribution is -2.08. The Kier molecular flexibility index (Phi) is 2.42. The summed E-state index contributed by atoms with van der Waals surface area (Å²) < 4.78 is 26.0. The minimum atomic E-state index is -3.53. The van der Waals surface area contributed by atoms with Crippen molar-refractivity contribution in [3.63, 3.8) is 0 Å². The lowest BCUT2D eigenvalue weighted by Gasteiger charge is -2.05. The Bertz CT molecular complexity index is 414. The molecule has 0 saturated carbocycles. The molecule has 1 aromatic rings. The van der Waals surface area contributed by atoms with Gasteiger partial charge < -0.3 is 9.92 Å². The van der Waals surface area contributed by atoms with Crippen molar-refractivity contribution >= 4 is 15.8 Å². The molecule has 1 heterocycles. The zero-order valence-corrected chi connectivity index (χ0v) is 8.13. The van der Waals surface area contributed by atoms with Crippen molar-refractivity contribution in [2.45, 2.75) is 6.92 Å². The molecule has 0 aliphatic heterocycles. The van der Waals surface area contributed by atoms with Crippen molar-refractivity contribution in [1.29, 1.82) is 0 Å². The molecule has 5 nitrogen and oxygen atoms in total. The first kappa shape index (κ1) is 9.79. The molecular formula is C7H10N2O3S. The van der Waals surface area contributed by atoms with Crippen LogP contribution in [-0.4, -0.2) is 19.7 Å². The van der Waals surface area contributed by atoms with E-state index in [1.807, 2.05) is 0 Å². The third-order valence-electron chi connectivity index (χ3n) is 1.28. The average molecular weight is 202 g/mol. The molecule has 0 spiro atoms. The summed E-state index contributed by atoms with van der Waals surface area (Å²) in [5.41, 5.74) is 6.47. The van der Waals surface area contributed by atoms with Gasteiger partial charge in [-0.15, -0.1) is 0 Å². The van der Waals surface area contributed by atoms with Crippen LogP contribution in [0.5, 0.6) is 5.75 Å². The van der Waals surface area contributed by atoms with Gasteiger partial charge in [0.2, 0.25) is 0 Å². The van der Waals surface area contributed by atoms with E-state index in [-0.39, 0.29) is 11.4 Å². The van der Waals surface area contributed by atoms with Crippen molar-refractivity contribution in [3.05, 3.63) is 18.0 Å². The second-order valence-corrected chi connectivity index (χ2v) is 4.23. The maximum atomic E-state index is 10.7. The number of nitrogens with two attached hydrogens (primary N) is 1. The summed E-state index contributed by atoms with van der Waals surface area (Å²) in [6.45, 7) is 1.75. The fourth-order valence-electron chi connectivity index (χ4n) is 0.801. The molecule has 0 fully saturated rings. The molecule has 0 saturated heterocycles. The van der Waals surface area contributed by atoms with E-state index in [1.54, 1.807) is 13.0 Å². The van der Waals surface area contributed by atoms with Gasteiger partial charge >= 0.3 is 10.1 Å². The number of hydrogen-bond donors (Lipinski definition) is 1. The summed E-state index contributed by atoms with van der Waals surface area (Å²) in [5.74, 6) is 0.0631. The fourth-order valence-corrected chi connectivity index (χ4v) is 1.27. The van der Waals surface area contributed by atoms with Gasteiger partial charge in [-0.25, -0.2) is 0 Å². The summed E-state index contributed by atoms with van der Waals surface area (Å²) in [7, 11) is -3.53. The van der Waals surface area contributed by atoms with Crippen LogP contribution in [0.4, 0.5) is 5.69 Å². The van der Waals surface area contributed by atoms with E-state index in [2.05, 4.69) is 9.17 Å². The number of aromatic nitrogens is 1. The number of pyridine rings is 1. The summed E-state index contributed by atoms with van der Waals surface area (Å²) >= 11 is 0. The van der Waals surface area contributed by atoms with Gasteiger partial charge in [-0.2, -0.15) is 8.42 Å². The van der Waals surface area contributed by atoms with Gasteiger partial charge in [0.15, 0.2) is 5.75 Å². The van der Waals surface area contributed by atoms with Crippen LogP contribution in [-0.2, 0) is 10.1 Å². The first-order valence-corrected chi connectivity index (χ1v) is 5.32. The Hall–Kier alpha value is -1.30. The van der Waals surface area contributed by atoms with E-state index in [0.29, 0.717) is 5.69 Å². The summed E-state index contributed by atoms with van der Waals surface area (Å²) in [6.07, 6.45) is 2.23. The monoisotopic (exact) mass is 202 g/mol. The van der Waals surface area contributed by atoms with E-state index in [0.717, 1.165) is 6.26 Å². The predicted octanol–water partition coefficient (Wildman–Crippen LogP) is 0.311. The third-order valence-corrected chi connectivity index (χ3v) is 1.76. The highest BCUT2D eigenvalue weighted by atomic mass is 32.2. The van der Waals surface area contributed by atoms with E-state index >= 15 is 0 Å². The van der Waals surface area contributed by atoms with Gasteiger partial charge in [0.1, 0.15) is 0 Å². The Morgan fingerprint density at radius 3 is 2.62 bits per heavy atom. The number of hydrogen-bond acceptors (Lipinski definition) is 5. The standard InChI is InChI=1S/C7H10N2O3S/c1-5-3-6(8)7(4-9-5)12-13(2,10)11/h3-4H,1-2H3,(H2,8,9). The third kappa shape index (κ3) is 2.90. The molecule has 0 bridgehead atoms. The molecule has 0 aliphatic carbocycles. The lowest BCUT2D eigenvalue weighted by molar-refractivity contribution is 0.493. The summed E-state index contributed by atoms with van der Waals surface area (Å²) in [6, 6.07) is 1.54. The van der Waals surface area contributed by atoms with E-state index in [1.165, 1.54) is 6.20 Å². The minimum Gasteiger partial charge on any atom is -0.396 e. The van der Waals surface area contributed by atoms with Crippen LogP contribution in [0.25, 0.3) is 0 Å². The van der Waals surface area contributed by atoms with Crippen LogP contribution in [0.3, 0.4) is 0 Å². The fraction of sp³-hybridized carbons (Fsp3) is 0.286. The largest absolute Gasteiger partial charge is 0.396 e. The van der Waals surface area contributed by atoms with Gasteiger partial charge in [-0.1, -0.05) is 0 Å². The number of nitrogen functional groups attached to an aromatic ring is 1. The van der Waals surface area contributed by atoms with E-state index in [9.17, 15) is 8.42 Å². The molecule has 0 radical (unpaired) electrons. The quantitative estimate of drug-likeness (QED) is 0.698. The summed E-state index contributed by atoms with van der Waals surface area (Å²) in [4.78, 5) is 3.85. The zero-order valence-electron chi connectivity index (χ0n) is 7.31. The number of nitrogens with zero attached hydrogens (tertiary/aromatic N) is 1. The molecule has 0 unspecified atom stereocenters. The van der Waals surface area contributed by atoms with Gasteiger partial charge in [0.25, 0.3) is 0 Å². The van der Waals surface area contributed by atoms with Crippen molar-refractivity contribution in [3.8, 4) is 5.75 Å². The second kappa shape index (κ2) is 3.21. The Balaban J connectivity index is 3.04. The Labute approximate surface area is 76.7 Å². The smallest absolute Gasteiger partial charge is 0.306 e. The molecule has 1 aromatic heterocycles. The average Bonchev–Trinajstić information content (AvgIpc) is 1.93. The van der Waals surface area contributed by atoms with Crippen molar-refractivity contribution in [2.24, 2.45) is 0 Å². The van der Waals surface area contributed by atoms with Crippen molar-refractivity contribution < 1.29 is 12.6 Å². The Morgan fingerprint density at radius 1 is 1.54 bits per heavy atom. The summed E-state index contributed by atoms with van der Waals surface area (Å²) in [5, 5.41) is 0. The molecule has 1 rings (SSSR count). The highest BCUT2D eigenvalue weighted by Crippen LogP contribution is 2.21.